The van der Waals surface area contributed by atoms with Crippen molar-refractivity contribution in [3.05, 3.63) is 82.8 Å². The lowest BCUT2D eigenvalue weighted by Gasteiger charge is -2.06. The van der Waals surface area contributed by atoms with Crippen LogP contribution in [-0.2, 0) is 11.3 Å². The average molecular weight is 391 g/mol. The monoisotopic (exact) mass is 391 g/mol. The summed E-state index contributed by atoms with van der Waals surface area (Å²) in [5.74, 6) is 0.0222. The lowest BCUT2D eigenvalue weighted by Crippen LogP contribution is -2.24. The van der Waals surface area contributed by atoms with Gasteiger partial charge in [-0.3, -0.25) is 9.59 Å². The molecule has 4 aromatic rings. The first-order chi connectivity index (χ1) is 13.7. The number of rotatable bonds is 6. The molecule has 0 aliphatic heterocycles. The zero-order valence-corrected chi connectivity index (χ0v) is 15.6. The first-order valence-corrected chi connectivity index (χ1v) is 9.66. The van der Waals surface area contributed by atoms with Gasteiger partial charge in [-0.15, -0.1) is 0 Å². The predicted molar refractivity (Wildman–Crippen MR) is 108 cm³/mol. The summed E-state index contributed by atoms with van der Waals surface area (Å²) in [6.07, 6.45) is 1.50. The Morgan fingerprint density at radius 3 is 2.54 bits per heavy atom. The van der Waals surface area contributed by atoms with Crippen LogP contribution in [0.3, 0.4) is 0 Å². The maximum absolute atomic E-state index is 12.3. The summed E-state index contributed by atoms with van der Waals surface area (Å²) < 4.78 is 1.62. The number of para-hydroxylation sites is 1. The number of benzene rings is 2. The fraction of sp³-hybridized carbons (Fsp3) is 0.100. The van der Waals surface area contributed by atoms with Crippen molar-refractivity contribution in [2.75, 3.05) is 5.75 Å². The second kappa shape index (κ2) is 8.10. The number of aromatic amines is 1. The zero-order valence-electron chi connectivity index (χ0n) is 14.8. The van der Waals surface area contributed by atoms with Crippen molar-refractivity contribution < 1.29 is 4.79 Å². The standard InChI is InChI=1S/C20H17N5O2S/c26-17(21-11-14-7-3-1-4-8-14)13-28-20-23-18-16(19(27)24-20)12-22-25(18)15-9-5-2-6-10-15/h1-10,12H,11,13H2,(H,21,26)(H,23,24,27). The molecular weight excluding hydrogens is 374 g/mol. The van der Waals surface area contributed by atoms with Crippen LogP contribution < -0.4 is 10.9 Å². The van der Waals surface area contributed by atoms with Gasteiger partial charge < -0.3 is 10.3 Å². The number of H-pyrrole nitrogens is 1. The highest BCUT2D eigenvalue weighted by Gasteiger charge is 2.12. The first kappa shape index (κ1) is 18.0. The van der Waals surface area contributed by atoms with Gasteiger partial charge in [-0.25, -0.2) is 9.67 Å². The number of fused-ring (bicyclic) bond motifs is 1. The van der Waals surface area contributed by atoms with E-state index in [0.29, 0.717) is 22.7 Å². The van der Waals surface area contributed by atoms with Gasteiger partial charge in [0.25, 0.3) is 5.56 Å². The minimum absolute atomic E-state index is 0.131. The number of nitrogens with one attached hydrogen (secondary N) is 2. The molecule has 8 heteroatoms. The Morgan fingerprint density at radius 1 is 1.07 bits per heavy atom. The van der Waals surface area contributed by atoms with Crippen LogP contribution in [0.4, 0.5) is 0 Å². The second-order valence-corrected chi connectivity index (χ2v) is 7.02. The van der Waals surface area contributed by atoms with Crippen LogP contribution in [0.15, 0.2) is 76.8 Å². The number of amides is 1. The topological polar surface area (TPSA) is 92.7 Å². The highest BCUT2D eigenvalue weighted by molar-refractivity contribution is 7.99. The van der Waals surface area contributed by atoms with Crippen molar-refractivity contribution >= 4 is 28.7 Å². The van der Waals surface area contributed by atoms with Gasteiger partial charge in [-0.05, 0) is 17.7 Å². The molecule has 0 aliphatic rings. The van der Waals surface area contributed by atoms with Gasteiger partial charge in [-0.2, -0.15) is 5.10 Å². The second-order valence-electron chi connectivity index (χ2n) is 6.05. The molecule has 0 bridgehead atoms. The third-order valence-corrected chi connectivity index (χ3v) is 4.96. The number of hydrogen-bond donors (Lipinski definition) is 2. The molecule has 0 saturated heterocycles. The molecule has 140 valence electrons. The molecule has 0 unspecified atom stereocenters. The maximum Gasteiger partial charge on any atom is 0.262 e. The highest BCUT2D eigenvalue weighted by Crippen LogP contribution is 2.17. The molecule has 2 aromatic heterocycles. The molecule has 0 saturated carbocycles. The molecule has 0 fully saturated rings. The quantitative estimate of drug-likeness (QED) is 0.389. The molecule has 0 spiro atoms. The summed E-state index contributed by atoms with van der Waals surface area (Å²) >= 11 is 1.18. The van der Waals surface area contributed by atoms with Crippen LogP contribution in [0.2, 0.25) is 0 Å². The normalized spacial score (nSPS) is 10.9. The summed E-state index contributed by atoms with van der Waals surface area (Å²) in [4.78, 5) is 31.6. The molecule has 0 aliphatic carbocycles. The van der Waals surface area contributed by atoms with Gasteiger partial charge >= 0.3 is 0 Å². The van der Waals surface area contributed by atoms with Crippen molar-refractivity contribution in [2.45, 2.75) is 11.7 Å². The van der Waals surface area contributed by atoms with E-state index in [4.69, 9.17) is 0 Å². The van der Waals surface area contributed by atoms with Gasteiger partial charge in [-0.1, -0.05) is 60.3 Å². The van der Waals surface area contributed by atoms with Crippen molar-refractivity contribution in [3.8, 4) is 5.69 Å². The number of nitrogens with zero attached hydrogens (tertiary/aromatic N) is 3. The SMILES string of the molecule is O=C(CSc1nc2c(cnn2-c2ccccc2)c(=O)[nH]1)NCc1ccccc1. The Bertz CT molecular complexity index is 1160. The lowest BCUT2D eigenvalue weighted by atomic mass is 10.2. The average Bonchev–Trinajstić information content (AvgIpc) is 3.17. The van der Waals surface area contributed by atoms with Crippen LogP contribution >= 0.6 is 11.8 Å². The minimum Gasteiger partial charge on any atom is -0.351 e. The molecule has 0 radical (unpaired) electrons. The van der Waals surface area contributed by atoms with Crippen LogP contribution in [0.1, 0.15) is 5.56 Å². The fourth-order valence-corrected chi connectivity index (χ4v) is 3.39. The van der Waals surface area contributed by atoms with Crippen molar-refractivity contribution in [2.24, 2.45) is 0 Å². The predicted octanol–water partition coefficient (Wildman–Crippen LogP) is 2.52. The van der Waals surface area contributed by atoms with E-state index in [-0.39, 0.29) is 17.2 Å². The summed E-state index contributed by atoms with van der Waals surface area (Å²) in [6.45, 7) is 0.462. The lowest BCUT2D eigenvalue weighted by molar-refractivity contribution is -0.118. The van der Waals surface area contributed by atoms with Crippen molar-refractivity contribution in [1.82, 2.24) is 25.1 Å². The first-order valence-electron chi connectivity index (χ1n) is 8.67. The molecule has 1 amide bonds. The van der Waals surface area contributed by atoms with Crippen LogP contribution in [-0.4, -0.2) is 31.4 Å². The number of thioether (sulfide) groups is 1. The smallest absolute Gasteiger partial charge is 0.262 e. The molecule has 2 N–H and O–H groups in total. The molecule has 2 heterocycles. The molecule has 7 nitrogen and oxygen atoms in total. The van der Waals surface area contributed by atoms with Gasteiger partial charge in [0.2, 0.25) is 5.91 Å². The van der Waals surface area contributed by atoms with E-state index in [9.17, 15) is 9.59 Å². The van der Waals surface area contributed by atoms with Gasteiger partial charge in [0.15, 0.2) is 10.8 Å². The molecular formula is C20H17N5O2S. The number of hydrogen-bond acceptors (Lipinski definition) is 5. The number of carbonyl (C=O) groups excluding carboxylic acids is 1. The van der Waals surface area contributed by atoms with E-state index in [1.165, 1.54) is 18.0 Å². The summed E-state index contributed by atoms with van der Waals surface area (Å²) in [7, 11) is 0. The molecule has 28 heavy (non-hydrogen) atoms. The van der Waals surface area contributed by atoms with E-state index < -0.39 is 0 Å². The maximum atomic E-state index is 12.3. The Hall–Kier alpha value is -3.39. The van der Waals surface area contributed by atoms with Gasteiger partial charge in [0.05, 0.1) is 17.6 Å². The van der Waals surface area contributed by atoms with Gasteiger partial charge in [0, 0.05) is 6.54 Å². The minimum atomic E-state index is -0.278. The summed E-state index contributed by atoms with van der Waals surface area (Å²) in [6, 6.07) is 19.1. The van der Waals surface area contributed by atoms with Crippen LogP contribution in [0.5, 0.6) is 0 Å². The number of carbonyl (C=O) groups is 1. The van der Waals surface area contributed by atoms with E-state index in [0.717, 1.165) is 11.3 Å². The van der Waals surface area contributed by atoms with Crippen LogP contribution in [0, 0.1) is 0 Å². The van der Waals surface area contributed by atoms with Gasteiger partial charge in [0.1, 0.15) is 5.39 Å². The largest absolute Gasteiger partial charge is 0.351 e. The summed E-state index contributed by atoms with van der Waals surface area (Å²) in [5.41, 5.74) is 2.02. The summed E-state index contributed by atoms with van der Waals surface area (Å²) in [5, 5.41) is 7.91. The molecule has 2 aromatic carbocycles. The van der Waals surface area contributed by atoms with E-state index in [1.54, 1.807) is 4.68 Å². The zero-order chi connectivity index (χ0) is 19.3. The van der Waals surface area contributed by atoms with E-state index in [1.807, 2.05) is 60.7 Å². The van der Waals surface area contributed by atoms with Crippen molar-refractivity contribution in [1.29, 1.82) is 0 Å². The Morgan fingerprint density at radius 2 is 1.79 bits per heavy atom. The Labute approximate surface area is 164 Å². The number of aromatic nitrogens is 4. The Kier molecular flexibility index (Phi) is 5.20. The molecule has 4 rings (SSSR count). The molecule has 0 atom stereocenters. The van der Waals surface area contributed by atoms with Crippen molar-refractivity contribution in [3.63, 3.8) is 0 Å². The van der Waals surface area contributed by atoms with E-state index >= 15 is 0 Å². The van der Waals surface area contributed by atoms with Crippen LogP contribution in [0.25, 0.3) is 16.7 Å². The fourth-order valence-electron chi connectivity index (χ4n) is 2.71. The third kappa shape index (κ3) is 3.96. The Balaban J connectivity index is 1.48. The van der Waals surface area contributed by atoms with E-state index in [2.05, 4.69) is 20.4 Å². The third-order valence-electron chi connectivity index (χ3n) is 4.09. The highest BCUT2D eigenvalue weighted by atomic mass is 32.2.